The van der Waals surface area contributed by atoms with E-state index in [1.165, 1.54) is 13.8 Å². The summed E-state index contributed by atoms with van der Waals surface area (Å²) < 4.78 is 0. The summed E-state index contributed by atoms with van der Waals surface area (Å²) in [6.07, 6.45) is 0. The molecular formula is C11H11Cl2N3O2. The molecule has 1 aromatic rings. The second-order valence-corrected chi connectivity index (χ2v) is 4.27. The molecular weight excluding hydrogens is 277 g/mol. The number of carbonyl (C=O) groups is 2. The predicted molar refractivity (Wildman–Crippen MR) is 71.2 cm³/mol. The van der Waals surface area contributed by atoms with Gasteiger partial charge in [-0.1, -0.05) is 29.3 Å². The quantitative estimate of drug-likeness (QED) is 0.615. The molecule has 0 bridgehead atoms. The van der Waals surface area contributed by atoms with E-state index in [9.17, 15) is 9.59 Å². The zero-order valence-corrected chi connectivity index (χ0v) is 11.3. The van der Waals surface area contributed by atoms with Gasteiger partial charge in [-0.25, -0.2) is 4.90 Å². The number of para-hydroxylation sites is 1. The molecule has 2 N–H and O–H groups in total. The predicted octanol–water partition coefficient (Wildman–Crippen LogP) is 2.42. The zero-order valence-electron chi connectivity index (χ0n) is 9.75. The molecule has 0 aliphatic carbocycles. The van der Waals surface area contributed by atoms with Crippen LogP contribution in [0.4, 0.5) is 5.69 Å². The van der Waals surface area contributed by atoms with Crippen LogP contribution in [0.25, 0.3) is 0 Å². The van der Waals surface area contributed by atoms with Crippen LogP contribution in [-0.2, 0) is 9.59 Å². The molecule has 96 valence electrons. The minimum atomic E-state index is -0.483. The van der Waals surface area contributed by atoms with Gasteiger partial charge >= 0.3 is 0 Å². The van der Waals surface area contributed by atoms with Gasteiger partial charge in [0.05, 0.1) is 15.7 Å². The molecule has 0 aliphatic heterocycles. The first kappa shape index (κ1) is 14.5. The van der Waals surface area contributed by atoms with Gasteiger partial charge in [-0.05, 0) is 12.1 Å². The van der Waals surface area contributed by atoms with Crippen molar-refractivity contribution in [2.24, 2.45) is 0 Å². The van der Waals surface area contributed by atoms with Gasteiger partial charge in [0.1, 0.15) is 0 Å². The summed E-state index contributed by atoms with van der Waals surface area (Å²) in [7, 11) is 0. The molecule has 0 saturated heterocycles. The molecule has 0 atom stereocenters. The fourth-order valence-electron chi connectivity index (χ4n) is 1.35. The summed E-state index contributed by atoms with van der Waals surface area (Å²) in [5.74, 6) is -1.34. The molecule has 2 amide bonds. The van der Waals surface area contributed by atoms with E-state index in [1.807, 2.05) is 0 Å². The molecule has 18 heavy (non-hydrogen) atoms. The largest absolute Gasteiger partial charge is 0.296 e. The van der Waals surface area contributed by atoms with Gasteiger partial charge in [-0.2, -0.15) is 0 Å². The molecule has 7 heteroatoms. The highest BCUT2D eigenvalue weighted by atomic mass is 35.5. The van der Waals surface area contributed by atoms with Crippen LogP contribution < -0.4 is 10.2 Å². The molecule has 0 aliphatic rings. The minimum Gasteiger partial charge on any atom is -0.296 e. The van der Waals surface area contributed by atoms with Crippen LogP contribution in [0.3, 0.4) is 0 Å². The smallest absolute Gasteiger partial charge is 0.230 e. The Balaban J connectivity index is 3.25. The standard InChI is InChI=1S/C11H11Cl2N3O2/c1-6(17)15-11(14)16(7(2)18)10-8(12)4-3-5-9(10)13/h3-5H,1-2H3,(H2,14,15,17). The highest BCUT2D eigenvalue weighted by Gasteiger charge is 2.22. The van der Waals surface area contributed by atoms with Crippen molar-refractivity contribution in [2.45, 2.75) is 13.8 Å². The molecule has 0 unspecified atom stereocenters. The van der Waals surface area contributed by atoms with Crippen molar-refractivity contribution in [2.75, 3.05) is 4.90 Å². The van der Waals surface area contributed by atoms with Crippen molar-refractivity contribution >= 4 is 46.7 Å². The first-order valence-corrected chi connectivity index (χ1v) is 5.71. The molecule has 0 heterocycles. The van der Waals surface area contributed by atoms with E-state index in [0.29, 0.717) is 0 Å². The first-order chi connectivity index (χ1) is 8.34. The lowest BCUT2D eigenvalue weighted by Gasteiger charge is -2.23. The summed E-state index contributed by atoms with van der Waals surface area (Å²) in [5, 5.41) is 10.3. The highest BCUT2D eigenvalue weighted by Crippen LogP contribution is 2.33. The van der Waals surface area contributed by atoms with Gasteiger partial charge < -0.3 is 0 Å². The molecule has 5 nitrogen and oxygen atoms in total. The van der Waals surface area contributed by atoms with Crippen LogP contribution in [0, 0.1) is 5.41 Å². The van der Waals surface area contributed by atoms with Gasteiger partial charge in [-0.15, -0.1) is 0 Å². The van der Waals surface area contributed by atoms with E-state index in [4.69, 9.17) is 28.6 Å². The normalized spacial score (nSPS) is 9.78. The Morgan fingerprint density at radius 2 is 1.72 bits per heavy atom. The Morgan fingerprint density at radius 3 is 2.11 bits per heavy atom. The van der Waals surface area contributed by atoms with Crippen molar-refractivity contribution in [3.8, 4) is 0 Å². The minimum absolute atomic E-state index is 0.173. The lowest BCUT2D eigenvalue weighted by Crippen LogP contribution is -2.45. The third-order valence-corrected chi connectivity index (χ3v) is 2.60. The average Bonchev–Trinajstić information content (AvgIpc) is 2.21. The summed E-state index contributed by atoms with van der Waals surface area (Å²) in [6, 6.07) is 4.70. The van der Waals surface area contributed by atoms with Gasteiger partial charge in [0.2, 0.25) is 17.8 Å². The monoisotopic (exact) mass is 287 g/mol. The number of hydrogen-bond donors (Lipinski definition) is 2. The van der Waals surface area contributed by atoms with Crippen molar-refractivity contribution < 1.29 is 9.59 Å². The molecule has 0 fully saturated rings. The maximum absolute atomic E-state index is 11.6. The van der Waals surface area contributed by atoms with Crippen LogP contribution in [0.2, 0.25) is 10.0 Å². The third kappa shape index (κ3) is 3.21. The van der Waals surface area contributed by atoms with Crippen molar-refractivity contribution in [3.63, 3.8) is 0 Å². The SMILES string of the molecule is CC(=O)NC(=N)N(C(C)=O)c1c(Cl)cccc1Cl. The molecule has 0 aromatic heterocycles. The molecule has 1 aromatic carbocycles. The summed E-state index contributed by atoms with van der Waals surface area (Å²) in [6.45, 7) is 2.48. The van der Waals surface area contributed by atoms with Crippen LogP contribution >= 0.6 is 23.2 Å². The van der Waals surface area contributed by atoms with Gasteiger partial charge in [0, 0.05) is 13.8 Å². The lowest BCUT2D eigenvalue weighted by atomic mass is 10.3. The number of benzene rings is 1. The van der Waals surface area contributed by atoms with Crippen molar-refractivity contribution in [3.05, 3.63) is 28.2 Å². The van der Waals surface area contributed by atoms with Crippen LogP contribution in [0.5, 0.6) is 0 Å². The molecule has 0 saturated carbocycles. The van der Waals surface area contributed by atoms with Crippen molar-refractivity contribution in [1.29, 1.82) is 5.41 Å². The van der Waals surface area contributed by atoms with E-state index in [2.05, 4.69) is 5.32 Å². The number of anilines is 1. The van der Waals surface area contributed by atoms with E-state index < -0.39 is 17.8 Å². The van der Waals surface area contributed by atoms with Crippen LogP contribution in [-0.4, -0.2) is 17.8 Å². The fraction of sp³-hybridized carbons (Fsp3) is 0.182. The zero-order chi connectivity index (χ0) is 13.9. The third-order valence-electron chi connectivity index (χ3n) is 1.99. The Hall–Kier alpha value is -1.59. The van der Waals surface area contributed by atoms with Crippen LogP contribution in [0.15, 0.2) is 18.2 Å². The Kier molecular flexibility index (Phi) is 4.69. The Labute approximate surface area is 114 Å². The number of hydrogen-bond acceptors (Lipinski definition) is 3. The number of rotatable bonds is 1. The maximum atomic E-state index is 11.6. The number of nitrogens with one attached hydrogen (secondary N) is 2. The lowest BCUT2D eigenvalue weighted by molar-refractivity contribution is -0.117. The number of carbonyl (C=O) groups excluding carboxylic acids is 2. The Bertz CT molecular complexity index is 497. The number of halogens is 2. The average molecular weight is 288 g/mol. The molecule has 1 rings (SSSR count). The topological polar surface area (TPSA) is 73.3 Å². The molecule has 0 radical (unpaired) electrons. The van der Waals surface area contributed by atoms with Gasteiger partial charge in [0.15, 0.2) is 0 Å². The number of nitrogens with zero attached hydrogens (tertiary/aromatic N) is 1. The summed E-state index contributed by atoms with van der Waals surface area (Å²) in [4.78, 5) is 23.5. The number of guanidine groups is 1. The second kappa shape index (κ2) is 5.84. The van der Waals surface area contributed by atoms with Crippen LogP contribution in [0.1, 0.15) is 13.8 Å². The van der Waals surface area contributed by atoms with E-state index in [0.717, 1.165) is 4.90 Å². The number of amides is 2. The summed E-state index contributed by atoms with van der Waals surface area (Å²) >= 11 is 11.9. The van der Waals surface area contributed by atoms with E-state index in [1.54, 1.807) is 18.2 Å². The van der Waals surface area contributed by atoms with E-state index >= 15 is 0 Å². The first-order valence-electron chi connectivity index (χ1n) is 4.95. The maximum Gasteiger partial charge on any atom is 0.230 e. The van der Waals surface area contributed by atoms with Crippen molar-refractivity contribution in [1.82, 2.24) is 5.32 Å². The Morgan fingerprint density at radius 1 is 1.22 bits per heavy atom. The second-order valence-electron chi connectivity index (χ2n) is 3.45. The van der Waals surface area contributed by atoms with Gasteiger partial charge in [0.25, 0.3) is 0 Å². The molecule has 0 spiro atoms. The van der Waals surface area contributed by atoms with Gasteiger partial charge in [-0.3, -0.25) is 20.3 Å². The highest BCUT2D eigenvalue weighted by molar-refractivity contribution is 6.41. The fourth-order valence-corrected chi connectivity index (χ4v) is 1.92. The summed E-state index contributed by atoms with van der Waals surface area (Å²) in [5.41, 5.74) is 0.173. The van der Waals surface area contributed by atoms with E-state index in [-0.39, 0.29) is 15.7 Å².